The van der Waals surface area contributed by atoms with Crippen molar-refractivity contribution < 1.29 is 28.0 Å². The van der Waals surface area contributed by atoms with E-state index in [0.717, 1.165) is 44.9 Å². The second-order valence-electron chi connectivity index (χ2n) is 8.76. The summed E-state index contributed by atoms with van der Waals surface area (Å²) in [4.78, 5) is 12.3. The Kier molecular flexibility index (Phi) is 18.9. The summed E-state index contributed by atoms with van der Waals surface area (Å²) in [5, 5.41) is 22.8. The lowest BCUT2D eigenvalue weighted by atomic mass is 10.0. The third-order valence-corrected chi connectivity index (χ3v) is 6.35. The number of amides is 1. The van der Waals surface area contributed by atoms with Crippen molar-refractivity contribution in [3.63, 3.8) is 0 Å². The van der Waals surface area contributed by atoms with E-state index in [4.69, 9.17) is 4.55 Å². The van der Waals surface area contributed by atoms with Gasteiger partial charge in [0.15, 0.2) is 0 Å². The lowest BCUT2D eigenvalue weighted by Crippen LogP contribution is -2.50. The predicted octanol–water partition coefficient (Wildman–Crippen LogP) is 4.53. The molecule has 1 amide bonds. The van der Waals surface area contributed by atoms with Gasteiger partial charge in [0, 0.05) is 0 Å². The van der Waals surface area contributed by atoms with E-state index in [-0.39, 0.29) is 6.42 Å². The largest absolute Gasteiger partial charge is 0.387 e. The summed E-state index contributed by atoms with van der Waals surface area (Å²) in [6.07, 6.45) is 16.2. The highest BCUT2D eigenvalue weighted by molar-refractivity contribution is 7.85. The van der Waals surface area contributed by atoms with Crippen LogP contribution in [0.5, 0.6) is 0 Å². The summed E-state index contributed by atoms with van der Waals surface area (Å²) >= 11 is 0. The van der Waals surface area contributed by atoms with Gasteiger partial charge in [-0.1, -0.05) is 103 Å². The zero-order chi connectivity index (χ0) is 24.2. The molecule has 32 heavy (non-hydrogen) atoms. The summed E-state index contributed by atoms with van der Waals surface area (Å²) in [6, 6.07) is -1.22. The lowest BCUT2D eigenvalue weighted by Gasteiger charge is -2.22. The van der Waals surface area contributed by atoms with Crippen LogP contribution < -0.4 is 5.32 Å². The summed E-state index contributed by atoms with van der Waals surface area (Å²) < 4.78 is 31.7. The van der Waals surface area contributed by atoms with Gasteiger partial charge in [0.2, 0.25) is 5.91 Å². The minimum Gasteiger partial charge on any atom is -0.387 e. The molecule has 0 aliphatic rings. The molecule has 0 heterocycles. The SMILES string of the molecule is CCCCC/C=C/C(O)C(CS(=O)(=O)O)NC(=O)C(O)CCCCCCCCCCCC. The van der Waals surface area contributed by atoms with Crippen molar-refractivity contribution in [2.75, 3.05) is 5.75 Å². The molecule has 7 nitrogen and oxygen atoms in total. The highest BCUT2D eigenvalue weighted by atomic mass is 32.2. The molecule has 3 unspecified atom stereocenters. The molecule has 0 aromatic carbocycles. The van der Waals surface area contributed by atoms with E-state index in [1.165, 1.54) is 44.6 Å². The van der Waals surface area contributed by atoms with Crippen LogP contribution in [0.4, 0.5) is 0 Å². The Balaban J connectivity index is 4.31. The van der Waals surface area contributed by atoms with E-state index < -0.39 is 40.0 Å². The van der Waals surface area contributed by atoms with Crippen molar-refractivity contribution in [2.45, 2.75) is 128 Å². The van der Waals surface area contributed by atoms with Crippen molar-refractivity contribution in [1.29, 1.82) is 0 Å². The zero-order valence-corrected chi connectivity index (χ0v) is 21.0. The van der Waals surface area contributed by atoms with Crippen molar-refractivity contribution in [3.8, 4) is 0 Å². The fourth-order valence-electron chi connectivity index (χ4n) is 3.57. The average molecular weight is 478 g/mol. The number of allylic oxidation sites excluding steroid dienone is 1. The standard InChI is InChI=1S/C24H47NO6S/c1-3-5-7-9-10-11-12-13-15-17-19-23(27)24(28)25-21(20-32(29,30)31)22(26)18-16-14-8-6-4-2/h16,18,21-23,26-27H,3-15,17,19-20H2,1-2H3,(H,25,28)(H,29,30,31)/b18-16+. The third kappa shape index (κ3) is 18.6. The number of carbonyl (C=O) groups is 1. The third-order valence-electron chi connectivity index (χ3n) is 5.57. The van der Waals surface area contributed by atoms with Crippen LogP contribution in [0.15, 0.2) is 12.2 Å². The average Bonchev–Trinajstić information content (AvgIpc) is 2.73. The summed E-state index contributed by atoms with van der Waals surface area (Å²) in [5.74, 6) is -1.54. The van der Waals surface area contributed by atoms with Gasteiger partial charge >= 0.3 is 0 Å². The van der Waals surface area contributed by atoms with Gasteiger partial charge in [-0.15, -0.1) is 0 Å². The normalized spacial score (nSPS) is 15.0. The molecular weight excluding hydrogens is 430 g/mol. The Labute approximate surface area is 195 Å². The molecule has 0 aromatic heterocycles. The molecular formula is C24H47NO6S. The molecule has 0 radical (unpaired) electrons. The lowest BCUT2D eigenvalue weighted by molar-refractivity contribution is -0.130. The van der Waals surface area contributed by atoms with E-state index in [1.807, 2.05) is 0 Å². The Hall–Kier alpha value is -0.960. The molecule has 0 rings (SSSR count). The van der Waals surface area contributed by atoms with Gasteiger partial charge < -0.3 is 15.5 Å². The predicted molar refractivity (Wildman–Crippen MR) is 130 cm³/mol. The topological polar surface area (TPSA) is 124 Å². The maximum Gasteiger partial charge on any atom is 0.267 e. The zero-order valence-electron chi connectivity index (χ0n) is 20.2. The number of hydrogen-bond acceptors (Lipinski definition) is 5. The van der Waals surface area contributed by atoms with E-state index >= 15 is 0 Å². The van der Waals surface area contributed by atoms with E-state index in [9.17, 15) is 23.4 Å². The molecule has 0 saturated heterocycles. The van der Waals surface area contributed by atoms with Crippen LogP contribution in [0.3, 0.4) is 0 Å². The molecule has 0 spiro atoms. The monoisotopic (exact) mass is 477 g/mol. The Morgan fingerprint density at radius 1 is 0.844 bits per heavy atom. The summed E-state index contributed by atoms with van der Waals surface area (Å²) in [6.45, 7) is 4.29. The van der Waals surface area contributed by atoms with Crippen molar-refractivity contribution in [2.24, 2.45) is 0 Å². The minimum absolute atomic E-state index is 0.282. The molecule has 3 atom stereocenters. The van der Waals surface area contributed by atoms with Crippen LogP contribution in [0.25, 0.3) is 0 Å². The fraction of sp³-hybridized carbons (Fsp3) is 0.875. The first kappa shape index (κ1) is 31.0. The number of hydrogen-bond donors (Lipinski definition) is 4. The van der Waals surface area contributed by atoms with Crippen LogP contribution in [0, 0.1) is 0 Å². The van der Waals surface area contributed by atoms with Crippen molar-refractivity contribution in [3.05, 3.63) is 12.2 Å². The smallest absolute Gasteiger partial charge is 0.267 e. The first-order valence-electron chi connectivity index (χ1n) is 12.5. The van der Waals surface area contributed by atoms with Gasteiger partial charge in [0.1, 0.15) is 6.10 Å². The van der Waals surface area contributed by atoms with Crippen LogP contribution in [-0.4, -0.2) is 53.1 Å². The maximum atomic E-state index is 12.3. The number of nitrogens with one attached hydrogen (secondary N) is 1. The molecule has 4 N–H and O–H groups in total. The Morgan fingerprint density at radius 3 is 1.88 bits per heavy atom. The highest BCUT2D eigenvalue weighted by Gasteiger charge is 2.27. The molecule has 190 valence electrons. The molecule has 0 fully saturated rings. The van der Waals surface area contributed by atoms with Crippen LogP contribution in [0.2, 0.25) is 0 Å². The number of aliphatic hydroxyl groups is 2. The number of rotatable bonds is 21. The van der Waals surface area contributed by atoms with Crippen molar-refractivity contribution >= 4 is 16.0 Å². The van der Waals surface area contributed by atoms with Gasteiger partial charge in [-0.25, -0.2) is 0 Å². The Bertz CT molecular complexity index is 593. The van der Waals surface area contributed by atoms with E-state index in [1.54, 1.807) is 6.08 Å². The number of unbranched alkanes of at least 4 members (excludes halogenated alkanes) is 12. The summed E-state index contributed by atoms with van der Waals surface area (Å²) in [7, 11) is -4.41. The van der Waals surface area contributed by atoms with Gasteiger partial charge in [-0.05, 0) is 19.3 Å². The first-order chi connectivity index (χ1) is 15.2. The number of carbonyl (C=O) groups excluding carboxylic acids is 1. The van der Waals surface area contributed by atoms with E-state index in [0.29, 0.717) is 6.42 Å². The second-order valence-corrected chi connectivity index (χ2v) is 10.3. The maximum absolute atomic E-state index is 12.3. The van der Waals surface area contributed by atoms with Gasteiger partial charge in [0.25, 0.3) is 10.1 Å². The first-order valence-corrected chi connectivity index (χ1v) is 14.1. The highest BCUT2D eigenvalue weighted by Crippen LogP contribution is 2.12. The van der Waals surface area contributed by atoms with Gasteiger partial charge in [0.05, 0.1) is 17.9 Å². The van der Waals surface area contributed by atoms with Crippen molar-refractivity contribution in [1.82, 2.24) is 5.32 Å². The second kappa shape index (κ2) is 19.5. The van der Waals surface area contributed by atoms with E-state index in [2.05, 4.69) is 19.2 Å². The van der Waals surface area contributed by atoms with Gasteiger partial charge in [-0.2, -0.15) is 8.42 Å². The molecule has 8 heteroatoms. The van der Waals surface area contributed by atoms with Crippen LogP contribution in [0.1, 0.15) is 110 Å². The molecule has 0 saturated carbocycles. The fourth-order valence-corrected chi connectivity index (χ4v) is 4.30. The minimum atomic E-state index is -4.41. The van der Waals surface area contributed by atoms with Gasteiger partial charge in [-0.3, -0.25) is 9.35 Å². The quantitative estimate of drug-likeness (QED) is 0.109. The Morgan fingerprint density at radius 2 is 1.34 bits per heavy atom. The molecule has 0 aromatic rings. The molecule has 0 aliphatic carbocycles. The number of aliphatic hydroxyl groups excluding tert-OH is 2. The van der Waals surface area contributed by atoms with Crippen LogP contribution in [-0.2, 0) is 14.9 Å². The van der Waals surface area contributed by atoms with Crippen LogP contribution >= 0.6 is 0 Å². The summed E-state index contributed by atoms with van der Waals surface area (Å²) in [5.41, 5.74) is 0. The molecule has 0 bridgehead atoms. The molecule has 0 aliphatic heterocycles.